The number of hydrogen-bond donors (Lipinski definition) is 1. The van der Waals surface area contributed by atoms with Crippen molar-refractivity contribution in [2.24, 2.45) is 5.41 Å². The maximum Gasteiger partial charge on any atom is 0.251 e. The maximum atomic E-state index is 11.6. The number of rotatable bonds is 3. The molecule has 1 amide bonds. The summed E-state index contributed by atoms with van der Waals surface area (Å²) in [6.45, 7) is 5.69. The molecule has 0 bridgehead atoms. The van der Waals surface area contributed by atoms with Crippen LogP contribution in [0.3, 0.4) is 0 Å². The molecule has 0 radical (unpaired) electrons. The van der Waals surface area contributed by atoms with E-state index in [-0.39, 0.29) is 11.9 Å². The van der Waals surface area contributed by atoms with E-state index in [1.54, 1.807) is 12.2 Å². The highest BCUT2D eigenvalue weighted by molar-refractivity contribution is 5.96. The van der Waals surface area contributed by atoms with E-state index in [1.807, 2.05) is 26.8 Å². The van der Waals surface area contributed by atoms with E-state index in [0.717, 1.165) is 6.29 Å². The minimum absolute atomic E-state index is 0.0748. The Balaban J connectivity index is 2.66. The monoisotopic (exact) mass is 207 g/mol. The highest BCUT2D eigenvalue weighted by Gasteiger charge is 2.23. The summed E-state index contributed by atoms with van der Waals surface area (Å²) in [4.78, 5) is 22.3. The molecule has 1 aliphatic rings. The van der Waals surface area contributed by atoms with Crippen molar-refractivity contribution in [1.82, 2.24) is 5.32 Å². The molecule has 1 unspecified atom stereocenters. The molecule has 1 aliphatic carbocycles. The lowest BCUT2D eigenvalue weighted by Gasteiger charge is -2.21. The van der Waals surface area contributed by atoms with E-state index in [1.165, 1.54) is 0 Å². The van der Waals surface area contributed by atoms with Gasteiger partial charge in [0.15, 0.2) is 0 Å². The minimum atomic E-state index is -0.443. The highest BCUT2D eigenvalue weighted by atomic mass is 16.1. The van der Waals surface area contributed by atoms with Crippen LogP contribution in [0.2, 0.25) is 0 Å². The molecule has 0 fully saturated rings. The predicted molar refractivity (Wildman–Crippen MR) is 59.3 cm³/mol. The zero-order chi connectivity index (χ0) is 11.5. The van der Waals surface area contributed by atoms with Gasteiger partial charge < -0.3 is 10.1 Å². The summed E-state index contributed by atoms with van der Waals surface area (Å²) in [5, 5.41) is 2.81. The number of carbonyl (C=O) groups is 2. The summed E-state index contributed by atoms with van der Waals surface area (Å²) >= 11 is 0. The van der Waals surface area contributed by atoms with Crippen LogP contribution in [-0.2, 0) is 9.59 Å². The largest absolute Gasteiger partial charge is 0.350 e. The highest BCUT2D eigenvalue weighted by Crippen LogP contribution is 2.26. The van der Waals surface area contributed by atoms with Crippen molar-refractivity contribution in [1.29, 1.82) is 0 Å². The van der Waals surface area contributed by atoms with Gasteiger partial charge in [0, 0.05) is 17.0 Å². The van der Waals surface area contributed by atoms with E-state index < -0.39 is 5.41 Å². The summed E-state index contributed by atoms with van der Waals surface area (Å²) in [6.07, 6.45) is 6.82. The smallest absolute Gasteiger partial charge is 0.251 e. The predicted octanol–water partition coefficient (Wildman–Crippen LogP) is 1.60. The van der Waals surface area contributed by atoms with Gasteiger partial charge in [0.05, 0.1) is 0 Å². The molecule has 0 saturated carbocycles. The summed E-state index contributed by atoms with van der Waals surface area (Å²) in [7, 11) is 0. The van der Waals surface area contributed by atoms with Gasteiger partial charge in [-0.1, -0.05) is 18.2 Å². The van der Waals surface area contributed by atoms with Crippen LogP contribution in [0.4, 0.5) is 0 Å². The van der Waals surface area contributed by atoms with Crippen LogP contribution in [0.15, 0.2) is 23.8 Å². The van der Waals surface area contributed by atoms with Crippen molar-refractivity contribution in [3.8, 4) is 0 Å². The second-order valence-electron chi connectivity index (χ2n) is 4.45. The average molecular weight is 207 g/mol. The third kappa shape index (κ3) is 3.05. The lowest BCUT2D eigenvalue weighted by molar-refractivity contribution is -0.118. The minimum Gasteiger partial charge on any atom is -0.350 e. The Morgan fingerprint density at radius 2 is 2.27 bits per heavy atom. The number of hydrogen-bond acceptors (Lipinski definition) is 2. The second kappa shape index (κ2) is 4.43. The molecule has 0 aliphatic heterocycles. The molecule has 1 atom stereocenters. The van der Waals surface area contributed by atoms with Crippen molar-refractivity contribution in [3.05, 3.63) is 23.8 Å². The fraction of sp³-hybridized carbons (Fsp3) is 0.500. The fourth-order valence-electron chi connectivity index (χ4n) is 1.35. The Kier molecular flexibility index (Phi) is 3.45. The molecule has 15 heavy (non-hydrogen) atoms. The first-order chi connectivity index (χ1) is 6.97. The van der Waals surface area contributed by atoms with Gasteiger partial charge in [-0.05, 0) is 27.2 Å². The summed E-state index contributed by atoms with van der Waals surface area (Å²) in [5.41, 5.74) is 0.199. The first-order valence-corrected chi connectivity index (χ1v) is 5.13. The van der Waals surface area contributed by atoms with Crippen LogP contribution < -0.4 is 5.32 Å². The first kappa shape index (κ1) is 11.7. The molecule has 82 valence electrons. The molecule has 3 heteroatoms. The second-order valence-corrected chi connectivity index (χ2v) is 4.45. The van der Waals surface area contributed by atoms with Gasteiger partial charge in [0.25, 0.3) is 5.91 Å². The van der Waals surface area contributed by atoms with Crippen molar-refractivity contribution < 1.29 is 9.59 Å². The van der Waals surface area contributed by atoms with E-state index in [9.17, 15) is 9.59 Å². The standard InChI is InChI=1S/C12H17NO2/c1-9(2)13-11(15)10-4-6-12(3,8-14)7-5-10/h4-6,8-9H,7H2,1-3H3,(H,13,15). The molecular weight excluding hydrogens is 190 g/mol. The van der Waals surface area contributed by atoms with Crippen molar-refractivity contribution in [3.63, 3.8) is 0 Å². The third-order valence-corrected chi connectivity index (χ3v) is 2.36. The Hall–Kier alpha value is -1.38. The molecule has 0 spiro atoms. The zero-order valence-electron chi connectivity index (χ0n) is 9.41. The number of aldehydes is 1. The van der Waals surface area contributed by atoms with Gasteiger partial charge in [-0.25, -0.2) is 0 Å². The Morgan fingerprint density at radius 3 is 2.67 bits per heavy atom. The molecule has 0 aromatic rings. The molecule has 1 rings (SSSR count). The molecule has 0 aromatic carbocycles. The molecule has 0 saturated heterocycles. The van der Waals surface area contributed by atoms with Crippen molar-refractivity contribution in [2.45, 2.75) is 33.2 Å². The van der Waals surface area contributed by atoms with Gasteiger partial charge in [-0.3, -0.25) is 4.79 Å². The third-order valence-electron chi connectivity index (χ3n) is 2.36. The topological polar surface area (TPSA) is 46.2 Å². The quantitative estimate of drug-likeness (QED) is 0.714. The number of carbonyl (C=O) groups excluding carboxylic acids is 2. The Bertz CT molecular complexity index is 329. The van der Waals surface area contributed by atoms with Crippen LogP contribution in [0, 0.1) is 5.41 Å². The van der Waals surface area contributed by atoms with Gasteiger partial charge in [0.1, 0.15) is 6.29 Å². The zero-order valence-corrected chi connectivity index (χ0v) is 9.41. The summed E-state index contributed by atoms with van der Waals surface area (Å²) < 4.78 is 0. The van der Waals surface area contributed by atoms with Gasteiger partial charge >= 0.3 is 0 Å². The number of allylic oxidation sites excluding steroid dienone is 2. The van der Waals surface area contributed by atoms with Gasteiger partial charge in [-0.15, -0.1) is 0 Å². The van der Waals surface area contributed by atoms with E-state index in [2.05, 4.69) is 5.32 Å². The summed E-state index contributed by atoms with van der Waals surface area (Å²) in [6, 6.07) is 0.131. The van der Waals surface area contributed by atoms with Crippen molar-refractivity contribution >= 4 is 12.2 Å². The van der Waals surface area contributed by atoms with Gasteiger partial charge in [-0.2, -0.15) is 0 Å². The van der Waals surface area contributed by atoms with Crippen LogP contribution in [0.1, 0.15) is 27.2 Å². The van der Waals surface area contributed by atoms with E-state index >= 15 is 0 Å². The molecule has 1 N–H and O–H groups in total. The lowest BCUT2D eigenvalue weighted by atomic mass is 9.83. The van der Waals surface area contributed by atoms with E-state index in [4.69, 9.17) is 0 Å². The molecule has 0 aromatic heterocycles. The number of nitrogens with one attached hydrogen (secondary N) is 1. The van der Waals surface area contributed by atoms with E-state index in [0.29, 0.717) is 12.0 Å². The molecule has 0 heterocycles. The van der Waals surface area contributed by atoms with Crippen LogP contribution in [0.25, 0.3) is 0 Å². The SMILES string of the molecule is CC(C)NC(=O)C1=CCC(C)(C=O)C=C1. The Morgan fingerprint density at radius 1 is 1.60 bits per heavy atom. The first-order valence-electron chi connectivity index (χ1n) is 5.13. The number of amides is 1. The van der Waals surface area contributed by atoms with Crippen LogP contribution >= 0.6 is 0 Å². The average Bonchev–Trinajstić information content (AvgIpc) is 2.18. The van der Waals surface area contributed by atoms with Crippen LogP contribution in [0.5, 0.6) is 0 Å². The van der Waals surface area contributed by atoms with Crippen molar-refractivity contribution in [2.75, 3.05) is 0 Å². The normalized spacial score (nSPS) is 24.9. The Labute approximate surface area is 90.2 Å². The molecular formula is C12H17NO2. The van der Waals surface area contributed by atoms with Crippen LogP contribution in [-0.4, -0.2) is 18.2 Å². The maximum absolute atomic E-state index is 11.6. The molecule has 3 nitrogen and oxygen atoms in total. The fourth-order valence-corrected chi connectivity index (χ4v) is 1.35. The van der Waals surface area contributed by atoms with Gasteiger partial charge in [0.2, 0.25) is 0 Å². The summed E-state index contributed by atoms with van der Waals surface area (Å²) in [5.74, 6) is -0.0748. The lowest BCUT2D eigenvalue weighted by Crippen LogP contribution is -2.32.